The number of carbonyl (C=O) groups excluding carboxylic acids is 3. The smallest absolute Gasteiger partial charge is 0.307 e. The van der Waals surface area contributed by atoms with Gasteiger partial charge in [0.25, 0.3) is 11.8 Å². The van der Waals surface area contributed by atoms with E-state index < -0.39 is 11.9 Å². The molecule has 0 radical (unpaired) electrons. The Morgan fingerprint density at radius 1 is 0.933 bits per heavy atom. The summed E-state index contributed by atoms with van der Waals surface area (Å²) in [5, 5.41) is 5.28. The molecule has 3 aromatic rings. The molecule has 8 heteroatoms. The quantitative estimate of drug-likeness (QED) is 0.580. The van der Waals surface area contributed by atoms with Gasteiger partial charge in [0.2, 0.25) is 0 Å². The van der Waals surface area contributed by atoms with Gasteiger partial charge in [-0.15, -0.1) is 0 Å². The van der Waals surface area contributed by atoms with Gasteiger partial charge in [-0.1, -0.05) is 0 Å². The molecule has 154 valence electrons. The molecule has 0 fully saturated rings. The van der Waals surface area contributed by atoms with Crippen LogP contribution < -0.4 is 10.6 Å². The number of nitrogens with one attached hydrogen (secondary N) is 2. The number of anilines is 1. The molecular formula is C22H19FN2O5. The first-order chi connectivity index (χ1) is 14.5. The Bertz CT molecular complexity index is 1040. The van der Waals surface area contributed by atoms with E-state index in [1.165, 1.54) is 25.3 Å². The number of esters is 1. The lowest BCUT2D eigenvalue weighted by molar-refractivity contribution is -0.140. The molecule has 0 saturated carbocycles. The van der Waals surface area contributed by atoms with Crippen LogP contribution in [0, 0.1) is 5.82 Å². The molecule has 3 rings (SSSR count). The van der Waals surface area contributed by atoms with Crippen LogP contribution in [0.25, 0.3) is 11.3 Å². The van der Waals surface area contributed by atoms with E-state index in [2.05, 4.69) is 15.4 Å². The van der Waals surface area contributed by atoms with Crippen LogP contribution in [0.3, 0.4) is 0 Å². The zero-order valence-electron chi connectivity index (χ0n) is 16.1. The lowest BCUT2D eigenvalue weighted by Gasteiger charge is -2.06. The van der Waals surface area contributed by atoms with Crippen molar-refractivity contribution in [3.05, 3.63) is 77.8 Å². The van der Waals surface area contributed by atoms with E-state index in [0.29, 0.717) is 22.6 Å². The Morgan fingerprint density at radius 3 is 2.30 bits per heavy atom. The van der Waals surface area contributed by atoms with Gasteiger partial charge in [-0.25, -0.2) is 4.39 Å². The zero-order valence-corrected chi connectivity index (χ0v) is 16.1. The highest BCUT2D eigenvalue weighted by molar-refractivity contribution is 6.03. The Labute approximate surface area is 171 Å². The van der Waals surface area contributed by atoms with Crippen molar-refractivity contribution in [2.45, 2.75) is 6.42 Å². The Hall–Kier alpha value is -3.94. The largest absolute Gasteiger partial charge is 0.469 e. The predicted molar refractivity (Wildman–Crippen MR) is 107 cm³/mol. The second kappa shape index (κ2) is 9.51. The van der Waals surface area contributed by atoms with Crippen LogP contribution in [-0.4, -0.2) is 31.4 Å². The summed E-state index contributed by atoms with van der Waals surface area (Å²) in [5.41, 5.74) is 1.51. The number of ether oxygens (including phenoxy) is 1. The third kappa shape index (κ3) is 5.32. The van der Waals surface area contributed by atoms with Gasteiger partial charge in [0, 0.05) is 23.4 Å². The summed E-state index contributed by atoms with van der Waals surface area (Å²) in [6.07, 6.45) is 0.0828. The van der Waals surface area contributed by atoms with Crippen molar-refractivity contribution in [2.75, 3.05) is 19.0 Å². The van der Waals surface area contributed by atoms with Crippen molar-refractivity contribution < 1.29 is 27.9 Å². The molecule has 2 aromatic carbocycles. The normalized spacial score (nSPS) is 10.3. The Balaban J connectivity index is 1.57. The second-order valence-electron chi connectivity index (χ2n) is 6.28. The summed E-state index contributed by atoms with van der Waals surface area (Å²) in [5.74, 6) is -1.03. The van der Waals surface area contributed by atoms with Crippen LogP contribution in [0.5, 0.6) is 0 Å². The van der Waals surface area contributed by atoms with Gasteiger partial charge in [0.15, 0.2) is 5.76 Å². The van der Waals surface area contributed by atoms with Gasteiger partial charge in [0.1, 0.15) is 11.6 Å². The Morgan fingerprint density at radius 2 is 1.63 bits per heavy atom. The maximum absolute atomic E-state index is 13.0. The maximum Gasteiger partial charge on any atom is 0.307 e. The van der Waals surface area contributed by atoms with E-state index in [0.717, 1.165) is 0 Å². The zero-order chi connectivity index (χ0) is 21.5. The van der Waals surface area contributed by atoms with Crippen LogP contribution >= 0.6 is 0 Å². The summed E-state index contributed by atoms with van der Waals surface area (Å²) in [6.45, 7) is 0.166. The van der Waals surface area contributed by atoms with E-state index in [-0.39, 0.29) is 30.5 Å². The van der Waals surface area contributed by atoms with Crippen LogP contribution in [0.4, 0.5) is 10.1 Å². The fourth-order valence-corrected chi connectivity index (χ4v) is 2.61. The van der Waals surface area contributed by atoms with Gasteiger partial charge in [-0.05, 0) is 60.7 Å². The van der Waals surface area contributed by atoms with Crippen molar-refractivity contribution in [1.29, 1.82) is 0 Å². The average molecular weight is 410 g/mol. The molecule has 1 heterocycles. The number of furan rings is 1. The highest BCUT2D eigenvalue weighted by atomic mass is 19.1. The van der Waals surface area contributed by atoms with Crippen LogP contribution in [0.2, 0.25) is 0 Å². The summed E-state index contributed by atoms with van der Waals surface area (Å²) < 4.78 is 23.1. The van der Waals surface area contributed by atoms with E-state index in [4.69, 9.17) is 4.42 Å². The number of amides is 2. The second-order valence-corrected chi connectivity index (χ2v) is 6.28. The molecule has 1 aromatic heterocycles. The first-order valence-corrected chi connectivity index (χ1v) is 9.08. The van der Waals surface area contributed by atoms with Crippen molar-refractivity contribution in [1.82, 2.24) is 5.32 Å². The minimum Gasteiger partial charge on any atom is -0.469 e. The van der Waals surface area contributed by atoms with Crippen molar-refractivity contribution in [3.8, 4) is 11.3 Å². The summed E-state index contributed by atoms with van der Waals surface area (Å²) in [6, 6.07) is 15.2. The fourth-order valence-electron chi connectivity index (χ4n) is 2.61. The highest BCUT2D eigenvalue weighted by Gasteiger charge is 2.13. The lowest BCUT2D eigenvalue weighted by Crippen LogP contribution is -2.26. The molecule has 0 saturated heterocycles. The first-order valence-electron chi connectivity index (χ1n) is 9.08. The molecule has 0 atom stereocenters. The van der Waals surface area contributed by atoms with Crippen molar-refractivity contribution in [2.24, 2.45) is 0 Å². The number of carbonyl (C=O) groups is 3. The topological polar surface area (TPSA) is 97.6 Å². The molecule has 30 heavy (non-hydrogen) atoms. The number of methoxy groups -OCH3 is 1. The molecule has 2 amide bonds. The molecule has 0 bridgehead atoms. The number of rotatable bonds is 7. The molecule has 2 N–H and O–H groups in total. The number of hydrogen-bond donors (Lipinski definition) is 2. The standard InChI is InChI=1S/C22H19FN2O5/c1-29-20(26)12-13-24-21(27)15-4-8-17(9-5-15)25-22(28)19-11-10-18(30-19)14-2-6-16(23)7-3-14/h2-11H,12-13H2,1H3,(H,24,27)(H,25,28). The monoisotopic (exact) mass is 410 g/mol. The summed E-state index contributed by atoms with van der Waals surface area (Å²) in [7, 11) is 1.28. The van der Waals surface area contributed by atoms with Gasteiger partial charge >= 0.3 is 5.97 Å². The van der Waals surface area contributed by atoms with E-state index in [1.54, 1.807) is 42.5 Å². The third-order valence-corrected chi connectivity index (χ3v) is 4.21. The third-order valence-electron chi connectivity index (χ3n) is 4.21. The molecule has 0 spiro atoms. The summed E-state index contributed by atoms with van der Waals surface area (Å²) >= 11 is 0. The van der Waals surface area contributed by atoms with E-state index in [9.17, 15) is 18.8 Å². The van der Waals surface area contributed by atoms with E-state index in [1.807, 2.05) is 0 Å². The van der Waals surface area contributed by atoms with Crippen molar-refractivity contribution in [3.63, 3.8) is 0 Å². The van der Waals surface area contributed by atoms with Crippen molar-refractivity contribution >= 4 is 23.5 Å². The minimum absolute atomic E-state index is 0.0828. The minimum atomic E-state index is -0.460. The SMILES string of the molecule is COC(=O)CCNC(=O)c1ccc(NC(=O)c2ccc(-c3ccc(F)cc3)o2)cc1. The molecule has 7 nitrogen and oxygen atoms in total. The molecular weight excluding hydrogens is 391 g/mol. The number of hydrogen-bond acceptors (Lipinski definition) is 5. The molecule has 0 aliphatic carbocycles. The van der Waals surface area contributed by atoms with Gasteiger partial charge in [0.05, 0.1) is 13.5 Å². The maximum atomic E-state index is 13.0. The fraction of sp³-hybridized carbons (Fsp3) is 0.136. The van der Waals surface area contributed by atoms with Crippen LogP contribution in [0.1, 0.15) is 27.3 Å². The summed E-state index contributed by atoms with van der Waals surface area (Å²) in [4.78, 5) is 35.5. The number of halogens is 1. The van der Waals surface area contributed by atoms with Gasteiger partial charge in [-0.3, -0.25) is 14.4 Å². The molecule has 0 aliphatic rings. The van der Waals surface area contributed by atoms with Gasteiger partial charge < -0.3 is 19.8 Å². The highest BCUT2D eigenvalue weighted by Crippen LogP contribution is 2.23. The van der Waals surface area contributed by atoms with Gasteiger partial charge in [-0.2, -0.15) is 0 Å². The van der Waals surface area contributed by atoms with E-state index >= 15 is 0 Å². The lowest BCUT2D eigenvalue weighted by atomic mass is 10.2. The van der Waals surface area contributed by atoms with Crippen LogP contribution in [0.15, 0.2) is 65.1 Å². The first kappa shape index (κ1) is 20.8. The predicted octanol–water partition coefficient (Wildman–Crippen LogP) is 3.63. The van der Waals surface area contributed by atoms with Crippen LogP contribution in [-0.2, 0) is 9.53 Å². The average Bonchev–Trinajstić information content (AvgIpc) is 3.25. The Kier molecular flexibility index (Phi) is 6.59. The number of benzene rings is 2. The molecule has 0 aliphatic heterocycles. The molecule has 0 unspecified atom stereocenters.